The number of halogens is 1. The number of likely N-dealkylation sites (tertiary alicyclic amines) is 1. The summed E-state index contributed by atoms with van der Waals surface area (Å²) in [6.45, 7) is 6.75. The zero-order chi connectivity index (χ0) is 13.8. The number of rotatable bonds is 3. The predicted molar refractivity (Wildman–Crippen MR) is 79.5 cm³/mol. The second-order valence-electron chi connectivity index (χ2n) is 5.35. The van der Waals surface area contributed by atoms with Crippen LogP contribution in [0, 0.1) is 11.3 Å². The molecule has 19 heavy (non-hydrogen) atoms. The molecular formula is C15H20ClN3. The van der Waals surface area contributed by atoms with Crippen molar-refractivity contribution in [2.24, 2.45) is 0 Å². The smallest absolute Gasteiger partial charge is 0.101 e. The van der Waals surface area contributed by atoms with Gasteiger partial charge in [-0.05, 0) is 44.9 Å². The Kier molecular flexibility index (Phi) is 4.68. The molecular weight excluding hydrogens is 258 g/mol. The van der Waals surface area contributed by atoms with E-state index in [1.807, 2.05) is 12.1 Å². The molecule has 0 aromatic heterocycles. The van der Waals surface area contributed by atoms with Crippen LogP contribution in [0.1, 0.15) is 32.3 Å². The van der Waals surface area contributed by atoms with Crippen LogP contribution in [-0.2, 0) is 0 Å². The van der Waals surface area contributed by atoms with Crippen LogP contribution < -0.4 is 5.32 Å². The molecule has 0 saturated carbocycles. The normalized spacial score (nSPS) is 17.4. The molecule has 3 nitrogen and oxygen atoms in total. The SMILES string of the molecule is CC(C)N1CCC(Nc2ccc(Cl)c(C#N)c2)CC1. The van der Waals surface area contributed by atoms with E-state index in [2.05, 4.69) is 30.1 Å². The highest BCUT2D eigenvalue weighted by molar-refractivity contribution is 6.31. The van der Waals surface area contributed by atoms with Crippen LogP contribution in [0.25, 0.3) is 0 Å². The number of nitriles is 1. The van der Waals surface area contributed by atoms with Gasteiger partial charge < -0.3 is 10.2 Å². The molecule has 4 heteroatoms. The van der Waals surface area contributed by atoms with Crippen LogP contribution in [0.4, 0.5) is 5.69 Å². The molecule has 2 rings (SSSR count). The van der Waals surface area contributed by atoms with Crippen molar-refractivity contribution in [1.82, 2.24) is 4.90 Å². The lowest BCUT2D eigenvalue weighted by atomic mass is 10.0. The summed E-state index contributed by atoms with van der Waals surface area (Å²) in [6, 6.07) is 8.79. The molecule has 0 radical (unpaired) electrons. The van der Waals surface area contributed by atoms with E-state index >= 15 is 0 Å². The van der Waals surface area contributed by atoms with Gasteiger partial charge in [-0.2, -0.15) is 5.26 Å². The van der Waals surface area contributed by atoms with Gasteiger partial charge in [0.25, 0.3) is 0 Å². The maximum absolute atomic E-state index is 8.98. The standard InChI is InChI=1S/C15H20ClN3/c1-11(2)19-7-5-13(6-8-19)18-14-3-4-15(16)12(9-14)10-17/h3-4,9,11,13,18H,5-8H2,1-2H3. The molecule has 0 aliphatic carbocycles. The average Bonchev–Trinajstić information content (AvgIpc) is 2.41. The van der Waals surface area contributed by atoms with E-state index in [4.69, 9.17) is 16.9 Å². The highest BCUT2D eigenvalue weighted by atomic mass is 35.5. The first-order valence-corrected chi connectivity index (χ1v) is 7.18. The van der Waals surface area contributed by atoms with E-state index in [0.29, 0.717) is 22.7 Å². The minimum atomic E-state index is 0.489. The van der Waals surface area contributed by atoms with Crippen molar-refractivity contribution in [2.75, 3.05) is 18.4 Å². The fraction of sp³-hybridized carbons (Fsp3) is 0.533. The Labute approximate surface area is 120 Å². The summed E-state index contributed by atoms with van der Waals surface area (Å²) in [5.41, 5.74) is 1.52. The first-order valence-electron chi connectivity index (χ1n) is 6.80. The van der Waals surface area contributed by atoms with Gasteiger partial charge in [0, 0.05) is 30.9 Å². The zero-order valence-electron chi connectivity index (χ0n) is 11.5. The third-order valence-corrected chi connectivity index (χ3v) is 4.05. The van der Waals surface area contributed by atoms with Gasteiger partial charge in [-0.15, -0.1) is 0 Å². The van der Waals surface area contributed by atoms with Gasteiger partial charge in [0.15, 0.2) is 0 Å². The number of anilines is 1. The lowest BCUT2D eigenvalue weighted by Crippen LogP contribution is -2.42. The summed E-state index contributed by atoms with van der Waals surface area (Å²) in [5, 5.41) is 13.0. The third-order valence-electron chi connectivity index (χ3n) is 3.72. The van der Waals surface area contributed by atoms with Gasteiger partial charge in [0.05, 0.1) is 10.6 Å². The topological polar surface area (TPSA) is 39.1 Å². The van der Waals surface area contributed by atoms with Crippen molar-refractivity contribution in [3.63, 3.8) is 0 Å². The van der Waals surface area contributed by atoms with E-state index in [-0.39, 0.29) is 0 Å². The minimum Gasteiger partial charge on any atom is -0.382 e. The van der Waals surface area contributed by atoms with Crippen molar-refractivity contribution >= 4 is 17.3 Å². The molecule has 1 N–H and O–H groups in total. The van der Waals surface area contributed by atoms with Gasteiger partial charge in [0.2, 0.25) is 0 Å². The number of hydrogen-bond donors (Lipinski definition) is 1. The number of piperidine rings is 1. The summed E-state index contributed by atoms with van der Waals surface area (Å²) in [6.07, 6.45) is 2.28. The third kappa shape index (κ3) is 3.62. The molecule has 0 spiro atoms. The predicted octanol–water partition coefficient (Wildman–Crippen LogP) is 3.50. The Hall–Kier alpha value is -1.24. The van der Waals surface area contributed by atoms with E-state index in [1.54, 1.807) is 6.07 Å². The highest BCUT2D eigenvalue weighted by Crippen LogP contribution is 2.22. The zero-order valence-corrected chi connectivity index (χ0v) is 12.2. The van der Waals surface area contributed by atoms with Gasteiger partial charge in [0.1, 0.15) is 6.07 Å². The molecule has 0 bridgehead atoms. The van der Waals surface area contributed by atoms with Crippen LogP contribution in [0.3, 0.4) is 0 Å². The number of nitrogens with zero attached hydrogens (tertiary/aromatic N) is 2. The van der Waals surface area contributed by atoms with Crippen molar-refractivity contribution in [1.29, 1.82) is 5.26 Å². The molecule has 0 unspecified atom stereocenters. The summed E-state index contributed by atoms with van der Waals surface area (Å²) in [4.78, 5) is 2.50. The number of hydrogen-bond acceptors (Lipinski definition) is 3. The van der Waals surface area contributed by atoms with E-state index in [1.165, 1.54) is 0 Å². The van der Waals surface area contributed by atoms with Gasteiger partial charge >= 0.3 is 0 Å². The fourth-order valence-corrected chi connectivity index (χ4v) is 2.66. The largest absolute Gasteiger partial charge is 0.382 e. The lowest BCUT2D eigenvalue weighted by Gasteiger charge is -2.35. The molecule has 102 valence electrons. The van der Waals surface area contributed by atoms with Crippen LogP contribution in [-0.4, -0.2) is 30.1 Å². The summed E-state index contributed by atoms with van der Waals surface area (Å²) in [7, 11) is 0. The average molecular weight is 278 g/mol. The maximum Gasteiger partial charge on any atom is 0.101 e. The Bertz CT molecular complexity index is 471. The lowest BCUT2D eigenvalue weighted by molar-refractivity contribution is 0.177. The maximum atomic E-state index is 8.98. The molecule has 1 saturated heterocycles. The quantitative estimate of drug-likeness (QED) is 0.919. The first-order chi connectivity index (χ1) is 9.10. The van der Waals surface area contributed by atoms with E-state index in [0.717, 1.165) is 31.6 Å². The molecule has 1 aromatic carbocycles. The molecule has 1 aromatic rings. The van der Waals surface area contributed by atoms with Crippen molar-refractivity contribution in [2.45, 2.75) is 38.8 Å². The molecule has 1 aliphatic heterocycles. The van der Waals surface area contributed by atoms with Crippen LogP contribution in [0.2, 0.25) is 5.02 Å². The second-order valence-corrected chi connectivity index (χ2v) is 5.76. The van der Waals surface area contributed by atoms with Gasteiger partial charge in [-0.3, -0.25) is 0 Å². The van der Waals surface area contributed by atoms with Crippen molar-refractivity contribution < 1.29 is 0 Å². The monoisotopic (exact) mass is 277 g/mol. The molecule has 0 atom stereocenters. The Morgan fingerprint density at radius 3 is 2.63 bits per heavy atom. The summed E-state index contributed by atoms with van der Waals surface area (Å²) in [5.74, 6) is 0. The molecule has 0 amide bonds. The Morgan fingerprint density at radius 1 is 1.37 bits per heavy atom. The summed E-state index contributed by atoms with van der Waals surface area (Å²) < 4.78 is 0. The first kappa shape index (κ1) is 14.2. The second kappa shape index (κ2) is 6.27. The van der Waals surface area contributed by atoms with E-state index < -0.39 is 0 Å². The van der Waals surface area contributed by atoms with Crippen molar-refractivity contribution in [3.8, 4) is 6.07 Å². The molecule has 1 fully saturated rings. The van der Waals surface area contributed by atoms with Crippen LogP contribution in [0.5, 0.6) is 0 Å². The van der Waals surface area contributed by atoms with E-state index in [9.17, 15) is 0 Å². The van der Waals surface area contributed by atoms with Gasteiger partial charge in [-0.25, -0.2) is 0 Å². The Balaban J connectivity index is 1.94. The fourth-order valence-electron chi connectivity index (χ4n) is 2.50. The number of benzene rings is 1. The molecule has 1 aliphatic rings. The molecule has 1 heterocycles. The minimum absolute atomic E-state index is 0.489. The van der Waals surface area contributed by atoms with Crippen LogP contribution in [0.15, 0.2) is 18.2 Å². The summed E-state index contributed by atoms with van der Waals surface area (Å²) >= 11 is 5.94. The highest BCUT2D eigenvalue weighted by Gasteiger charge is 2.20. The van der Waals surface area contributed by atoms with Crippen molar-refractivity contribution in [3.05, 3.63) is 28.8 Å². The van der Waals surface area contributed by atoms with Gasteiger partial charge in [-0.1, -0.05) is 11.6 Å². The van der Waals surface area contributed by atoms with Crippen LogP contribution >= 0.6 is 11.6 Å². The number of nitrogens with one attached hydrogen (secondary N) is 1. The Morgan fingerprint density at radius 2 is 2.05 bits per heavy atom.